The monoisotopic (exact) mass is 179 g/mol. The molecule has 4 N–H and O–H groups in total. The smallest absolute Gasteiger partial charge is 0.180 e. The molecule has 0 unspecified atom stereocenters. The topological polar surface area (TPSA) is 68.5 Å². The summed E-state index contributed by atoms with van der Waals surface area (Å²) in [5.74, 6) is 5.01. The summed E-state index contributed by atoms with van der Waals surface area (Å²) >= 11 is 4.71. The molecule has 0 atom stereocenters. The van der Waals surface area contributed by atoms with Crippen molar-refractivity contribution < 1.29 is 9.47 Å². The highest BCUT2D eigenvalue weighted by Crippen LogP contribution is 1.86. The third-order valence-corrected chi connectivity index (χ3v) is 1.35. The molecule has 0 rings (SSSR count). The SMILES string of the molecule is COC(CNC(=S)NN)OC. The van der Waals surface area contributed by atoms with Crippen molar-refractivity contribution >= 4 is 17.3 Å². The highest BCUT2D eigenvalue weighted by atomic mass is 32.1. The highest BCUT2D eigenvalue weighted by molar-refractivity contribution is 7.80. The molecule has 0 bridgehead atoms. The van der Waals surface area contributed by atoms with Gasteiger partial charge in [0.25, 0.3) is 0 Å². The molecule has 0 aromatic carbocycles. The Morgan fingerprint density at radius 1 is 1.55 bits per heavy atom. The number of nitrogens with two attached hydrogens (primary N) is 1. The Morgan fingerprint density at radius 3 is 2.45 bits per heavy atom. The van der Waals surface area contributed by atoms with Crippen molar-refractivity contribution in [3.05, 3.63) is 0 Å². The highest BCUT2D eigenvalue weighted by Gasteiger charge is 2.03. The molecule has 11 heavy (non-hydrogen) atoms. The Bertz CT molecular complexity index is 118. The largest absolute Gasteiger partial charge is 0.357 e. The van der Waals surface area contributed by atoms with E-state index in [-0.39, 0.29) is 6.29 Å². The Kier molecular flexibility index (Phi) is 6.05. The van der Waals surface area contributed by atoms with Crippen LogP contribution in [0.2, 0.25) is 0 Å². The van der Waals surface area contributed by atoms with Crippen molar-refractivity contribution in [2.24, 2.45) is 5.84 Å². The first kappa shape index (κ1) is 10.6. The van der Waals surface area contributed by atoms with Gasteiger partial charge in [-0.05, 0) is 12.2 Å². The minimum absolute atomic E-state index is 0.304. The predicted octanol–water partition coefficient (Wildman–Crippen LogP) is -1.06. The summed E-state index contributed by atoms with van der Waals surface area (Å²) in [6, 6.07) is 0. The van der Waals surface area contributed by atoms with Crippen LogP contribution in [0, 0.1) is 0 Å². The van der Waals surface area contributed by atoms with Crippen LogP contribution in [0.15, 0.2) is 0 Å². The number of thiocarbonyl (C=S) groups is 1. The van der Waals surface area contributed by atoms with Crippen LogP contribution >= 0.6 is 12.2 Å². The van der Waals surface area contributed by atoms with Crippen LogP contribution in [-0.4, -0.2) is 32.2 Å². The molecule has 6 heteroatoms. The summed E-state index contributed by atoms with van der Waals surface area (Å²) in [5, 5.41) is 3.14. The summed E-state index contributed by atoms with van der Waals surface area (Å²) in [5.41, 5.74) is 2.28. The zero-order chi connectivity index (χ0) is 8.69. The third-order valence-electron chi connectivity index (χ3n) is 1.09. The molecular formula is C5H13N3O2S. The van der Waals surface area contributed by atoms with Gasteiger partial charge < -0.3 is 20.2 Å². The molecule has 0 amide bonds. The normalized spacial score (nSPS) is 9.82. The van der Waals surface area contributed by atoms with E-state index in [0.29, 0.717) is 11.7 Å². The molecule has 0 aromatic rings. The number of hydrogen-bond donors (Lipinski definition) is 3. The van der Waals surface area contributed by atoms with Gasteiger partial charge in [0.15, 0.2) is 11.4 Å². The van der Waals surface area contributed by atoms with E-state index in [1.165, 1.54) is 0 Å². The van der Waals surface area contributed by atoms with E-state index in [1.54, 1.807) is 14.2 Å². The number of hydrogen-bond acceptors (Lipinski definition) is 4. The first-order valence-corrected chi connectivity index (χ1v) is 3.45. The molecule has 0 radical (unpaired) electrons. The first-order valence-electron chi connectivity index (χ1n) is 3.04. The molecule has 5 nitrogen and oxygen atoms in total. The van der Waals surface area contributed by atoms with Crippen molar-refractivity contribution in [1.82, 2.24) is 10.7 Å². The lowest BCUT2D eigenvalue weighted by atomic mass is 10.6. The van der Waals surface area contributed by atoms with E-state index in [0.717, 1.165) is 0 Å². The van der Waals surface area contributed by atoms with E-state index in [2.05, 4.69) is 10.7 Å². The average Bonchev–Trinajstić information content (AvgIpc) is 2.06. The summed E-state index contributed by atoms with van der Waals surface area (Å²) in [4.78, 5) is 0. The van der Waals surface area contributed by atoms with E-state index in [9.17, 15) is 0 Å². The van der Waals surface area contributed by atoms with Crippen LogP contribution in [0.1, 0.15) is 0 Å². The molecule has 0 spiro atoms. The Balaban J connectivity index is 3.42. The molecule has 0 aliphatic carbocycles. The molecule has 0 saturated heterocycles. The third kappa shape index (κ3) is 4.91. The maximum atomic E-state index is 5.01. The summed E-state index contributed by atoms with van der Waals surface area (Å²) in [7, 11) is 3.10. The van der Waals surface area contributed by atoms with Gasteiger partial charge in [-0.3, -0.25) is 0 Å². The van der Waals surface area contributed by atoms with Crippen LogP contribution in [0.5, 0.6) is 0 Å². The fourth-order valence-electron chi connectivity index (χ4n) is 0.490. The lowest BCUT2D eigenvalue weighted by Gasteiger charge is -2.14. The summed E-state index contributed by atoms with van der Waals surface area (Å²) in [6.45, 7) is 0.468. The second-order valence-electron chi connectivity index (χ2n) is 1.76. The molecule has 0 aliphatic rings. The van der Waals surface area contributed by atoms with Gasteiger partial charge in [0.05, 0.1) is 6.54 Å². The Morgan fingerprint density at radius 2 is 2.09 bits per heavy atom. The first-order chi connectivity index (χ1) is 5.24. The Hall–Kier alpha value is -0.430. The standard InChI is InChI=1S/C5H13N3O2S/c1-9-4(10-2)3-7-5(11)8-6/h4H,3,6H2,1-2H3,(H2,7,8,11). The molecular weight excluding hydrogens is 166 g/mol. The minimum atomic E-state index is -0.304. The van der Waals surface area contributed by atoms with Gasteiger partial charge in [-0.15, -0.1) is 0 Å². The minimum Gasteiger partial charge on any atom is -0.357 e. The van der Waals surface area contributed by atoms with Crippen molar-refractivity contribution in [3.63, 3.8) is 0 Å². The predicted molar refractivity (Wildman–Crippen MR) is 45.7 cm³/mol. The van der Waals surface area contributed by atoms with Gasteiger partial charge in [-0.2, -0.15) is 0 Å². The zero-order valence-electron chi connectivity index (χ0n) is 6.59. The fraction of sp³-hybridized carbons (Fsp3) is 0.800. The average molecular weight is 179 g/mol. The Labute approximate surface area is 71.2 Å². The van der Waals surface area contributed by atoms with Crippen LogP contribution in [-0.2, 0) is 9.47 Å². The molecule has 0 saturated carbocycles. The zero-order valence-corrected chi connectivity index (χ0v) is 7.40. The van der Waals surface area contributed by atoms with Gasteiger partial charge >= 0.3 is 0 Å². The van der Waals surface area contributed by atoms with E-state index >= 15 is 0 Å². The quantitative estimate of drug-likeness (QED) is 0.221. The maximum Gasteiger partial charge on any atom is 0.180 e. The second-order valence-corrected chi connectivity index (χ2v) is 2.16. The van der Waals surface area contributed by atoms with E-state index < -0.39 is 0 Å². The number of rotatable bonds is 4. The van der Waals surface area contributed by atoms with Crippen LogP contribution in [0.3, 0.4) is 0 Å². The number of ether oxygens (including phenoxy) is 2. The van der Waals surface area contributed by atoms with Crippen molar-refractivity contribution in [2.45, 2.75) is 6.29 Å². The van der Waals surface area contributed by atoms with Crippen molar-refractivity contribution in [1.29, 1.82) is 0 Å². The number of nitrogens with one attached hydrogen (secondary N) is 2. The summed E-state index contributed by atoms with van der Waals surface area (Å²) < 4.78 is 9.76. The molecule has 0 aromatic heterocycles. The lowest BCUT2D eigenvalue weighted by Crippen LogP contribution is -2.43. The van der Waals surface area contributed by atoms with Gasteiger partial charge in [0.1, 0.15) is 0 Å². The lowest BCUT2D eigenvalue weighted by molar-refractivity contribution is -0.0965. The van der Waals surface area contributed by atoms with Gasteiger partial charge in [0, 0.05) is 14.2 Å². The molecule has 66 valence electrons. The molecule has 0 aliphatic heterocycles. The van der Waals surface area contributed by atoms with Gasteiger partial charge in [-0.1, -0.05) is 0 Å². The van der Waals surface area contributed by atoms with Crippen molar-refractivity contribution in [3.8, 4) is 0 Å². The number of methoxy groups -OCH3 is 2. The summed E-state index contributed by atoms with van der Waals surface area (Å²) in [6.07, 6.45) is -0.304. The maximum absolute atomic E-state index is 5.01. The molecule has 0 fully saturated rings. The molecule has 0 heterocycles. The van der Waals surface area contributed by atoms with Gasteiger partial charge in [-0.25, -0.2) is 5.84 Å². The van der Waals surface area contributed by atoms with Crippen LogP contribution in [0.4, 0.5) is 0 Å². The van der Waals surface area contributed by atoms with Crippen LogP contribution < -0.4 is 16.6 Å². The van der Waals surface area contributed by atoms with Gasteiger partial charge in [0.2, 0.25) is 0 Å². The van der Waals surface area contributed by atoms with Crippen molar-refractivity contribution in [2.75, 3.05) is 20.8 Å². The number of hydrazine groups is 1. The van der Waals surface area contributed by atoms with E-state index in [1.807, 2.05) is 0 Å². The van der Waals surface area contributed by atoms with Crippen LogP contribution in [0.25, 0.3) is 0 Å². The fourth-order valence-corrected chi connectivity index (χ4v) is 0.573. The second kappa shape index (κ2) is 6.29. The van der Waals surface area contributed by atoms with E-state index in [4.69, 9.17) is 27.5 Å².